The standard InChI is InChI=1S/C59H71FN12O5/c1-36(2)71-35-63-49-32-48(65-54(53(49)71)64-47-17-22-61-34-46(47)60)39-11-14-45-50(29-39)72(43-30-42(31-43)68-23-5-4-6-24-68)58(77)59(45)20-27-70(28-21-59)57(76)38-9-7-37(8-10-38)56(75)69-25-18-41(19-26-69)67(3)51-15-12-40(33-62-51)44-13-16-52(73)66-55(44)74/h11-12,14-15,17,22,29,32-38,41-44H,4-10,13,16,18-21,23-28,30-31H2,1-3H3,(H,61,64,65)(H,66,73,74)/t37-,38-,42-,43+,44?. The van der Waals surface area contributed by atoms with Gasteiger partial charge in [0.1, 0.15) is 11.3 Å². The fourth-order valence-electron chi connectivity index (χ4n) is 13.9. The third kappa shape index (κ3) is 9.51. The predicted molar refractivity (Wildman–Crippen MR) is 291 cm³/mol. The van der Waals surface area contributed by atoms with E-state index in [4.69, 9.17) is 9.97 Å². The van der Waals surface area contributed by atoms with Crippen molar-refractivity contribution in [3.05, 3.63) is 84.3 Å². The van der Waals surface area contributed by atoms with E-state index in [1.807, 2.05) is 39.6 Å². The summed E-state index contributed by atoms with van der Waals surface area (Å²) >= 11 is 0. The molecular weight excluding hydrogens is 976 g/mol. The molecule has 17 nitrogen and oxygen atoms in total. The number of piperidine rings is 4. The molecular formula is C59H71FN12O5. The molecule has 5 aromatic rings. The van der Waals surface area contributed by atoms with Crippen LogP contribution in [0.25, 0.3) is 22.3 Å². The third-order valence-corrected chi connectivity index (χ3v) is 18.6. The van der Waals surface area contributed by atoms with E-state index in [9.17, 15) is 19.2 Å². The lowest BCUT2D eigenvalue weighted by Crippen LogP contribution is -2.58. The lowest BCUT2D eigenvalue weighted by Gasteiger charge is -2.48. The van der Waals surface area contributed by atoms with Crippen molar-refractivity contribution in [1.82, 2.24) is 44.5 Å². The molecule has 9 heterocycles. The van der Waals surface area contributed by atoms with Gasteiger partial charge in [0.05, 0.1) is 40.8 Å². The summed E-state index contributed by atoms with van der Waals surface area (Å²) in [4.78, 5) is 97.1. The number of nitrogens with one attached hydrogen (secondary N) is 2. The molecule has 4 aromatic heterocycles. The molecule has 1 aromatic carbocycles. The Bertz CT molecular complexity index is 3070. The molecule has 1 spiro atoms. The maximum Gasteiger partial charge on any atom is 0.238 e. The number of rotatable bonds is 11. The fourth-order valence-corrected chi connectivity index (χ4v) is 13.9. The number of halogens is 1. The molecule has 0 radical (unpaired) electrons. The van der Waals surface area contributed by atoms with E-state index in [1.54, 1.807) is 24.8 Å². The Morgan fingerprint density at radius 1 is 0.805 bits per heavy atom. The van der Waals surface area contributed by atoms with Gasteiger partial charge in [0.2, 0.25) is 29.5 Å². The smallest absolute Gasteiger partial charge is 0.238 e. The molecule has 2 N–H and O–H groups in total. The minimum atomic E-state index is -0.745. The molecule has 2 aliphatic carbocycles. The summed E-state index contributed by atoms with van der Waals surface area (Å²) in [5, 5.41) is 5.68. The van der Waals surface area contributed by atoms with Gasteiger partial charge in [-0.1, -0.05) is 24.6 Å². The molecule has 4 saturated heterocycles. The highest BCUT2D eigenvalue weighted by atomic mass is 19.1. The zero-order valence-electron chi connectivity index (χ0n) is 44.6. The number of likely N-dealkylation sites (tertiary alicyclic amines) is 3. The monoisotopic (exact) mass is 1050 g/mol. The van der Waals surface area contributed by atoms with E-state index in [1.165, 1.54) is 25.5 Å². The molecule has 5 amide bonds. The van der Waals surface area contributed by atoms with Crippen molar-refractivity contribution in [2.45, 2.75) is 146 Å². The van der Waals surface area contributed by atoms with Crippen LogP contribution in [0.3, 0.4) is 0 Å². The van der Waals surface area contributed by atoms with Gasteiger partial charge < -0.3 is 34.4 Å². The third-order valence-electron chi connectivity index (χ3n) is 18.6. The number of nitrogens with zero attached hydrogens (tertiary/aromatic N) is 10. The number of hydrogen-bond donors (Lipinski definition) is 2. The molecule has 7 aliphatic rings. The highest BCUT2D eigenvalue weighted by Crippen LogP contribution is 2.52. The molecule has 2 saturated carbocycles. The molecule has 0 bridgehead atoms. The van der Waals surface area contributed by atoms with E-state index in [0.717, 1.165) is 78.0 Å². The first-order valence-electron chi connectivity index (χ1n) is 28.4. The van der Waals surface area contributed by atoms with Gasteiger partial charge in [-0.05, 0) is 146 Å². The number of aromatic nitrogens is 5. The number of benzene rings is 1. The molecule has 5 aliphatic heterocycles. The van der Waals surface area contributed by atoms with Crippen molar-refractivity contribution in [1.29, 1.82) is 0 Å². The second-order valence-electron chi connectivity index (χ2n) is 23.3. The lowest BCUT2D eigenvalue weighted by atomic mass is 9.72. The predicted octanol–water partition coefficient (Wildman–Crippen LogP) is 8.03. The first kappa shape index (κ1) is 51.0. The number of amides is 5. The number of imide groups is 1. The van der Waals surface area contributed by atoms with Crippen molar-refractivity contribution < 1.29 is 28.4 Å². The summed E-state index contributed by atoms with van der Waals surface area (Å²) < 4.78 is 17.1. The number of anilines is 4. The van der Waals surface area contributed by atoms with Crippen molar-refractivity contribution in [3.8, 4) is 11.3 Å². The molecule has 1 atom stereocenters. The zero-order valence-corrected chi connectivity index (χ0v) is 44.6. The van der Waals surface area contributed by atoms with Crippen LogP contribution in [0.1, 0.15) is 133 Å². The highest BCUT2D eigenvalue weighted by Gasteiger charge is 2.56. The number of hydrogen-bond acceptors (Lipinski definition) is 12. The van der Waals surface area contributed by atoms with Crippen LogP contribution < -0.4 is 20.4 Å². The van der Waals surface area contributed by atoms with Gasteiger partial charge in [-0.25, -0.2) is 19.3 Å². The Labute approximate surface area is 449 Å². The van der Waals surface area contributed by atoms with Crippen LogP contribution >= 0.6 is 0 Å². The first-order chi connectivity index (χ1) is 37.3. The number of fused-ring (bicyclic) bond motifs is 3. The van der Waals surface area contributed by atoms with Crippen LogP contribution in [-0.2, 0) is 29.4 Å². The second kappa shape index (κ2) is 20.9. The topological polar surface area (TPSA) is 182 Å². The van der Waals surface area contributed by atoms with Gasteiger partial charge in [0.15, 0.2) is 11.6 Å². The summed E-state index contributed by atoms with van der Waals surface area (Å²) in [5.74, 6) is 0.177. The average Bonchev–Trinajstić information content (AvgIpc) is 4.20. The highest BCUT2D eigenvalue weighted by molar-refractivity contribution is 6.09. The number of carbonyl (C=O) groups is 5. The molecule has 18 heteroatoms. The Balaban J connectivity index is 0.701. The van der Waals surface area contributed by atoms with Gasteiger partial charge in [-0.2, -0.15) is 0 Å². The van der Waals surface area contributed by atoms with E-state index in [2.05, 4.69) is 67.3 Å². The maximum atomic E-state index is 15.3. The van der Waals surface area contributed by atoms with Gasteiger partial charge in [-0.3, -0.25) is 34.3 Å². The lowest BCUT2D eigenvalue weighted by molar-refractivity contribution is -0.143. The Kier molecular flexibility index (Phi) is 13.8. The van der Waals surface area contributed by atoms with Gasteiger partial charge in [0, 0.05) is 99.3 Å². The first-order valence-corrected chi connectivity index (χ1v) is 28.4. The summed E-state index contributed by atoms with van der Waals surface area (Å²) in [5.41, 5.74) is 5.26. The van der Waals surface area contributed by atoms with Crippen LogP contribution in [0.4, 0.5) is 27.4 Å². The largest absolute Gasteiger partial charge is 0.357 e. The van der Waals surface area contributed by atoms with Crippen LogP contribution in [0, 0.1) is 17.7 Å². The Morgan fingerprint density at radius 2 is 1.52 bits per heavy atom. The van der Waals surface area contributed by atoms with E-state index < -0.39 is 11.2 Å². The van der Waals surface area contributed by atoms with E-state index in [-0.39, 0.29) is 71.1 Å². The number of imidazole rings is 1. The van der Waals surface area contributed by atoms with E-state index >= 15 is 9.18 Å². The fraction of sp³-hybridized carbons (Fsp3) is 0.542. The van der Waals surface area contributed by atoms with Crippen molar-refractivity contribution in [2.24, 2.45) is 11.8 Å². The van der Waals surface area contributed by atoms with Crippen molar-refractivity contribution >= 4 is 63.6 Å². The molecule has 12 rings (SSSR count). The summed E-state index contributed by atoms with van der Waals surface area (Å²) in [7, 11) is 2.03. The summed E-state index contributed by atoms with van der Waals surface area (Å²) in [6.07, 6.45) is 18.1. The minimum Gasteiger partial charge on any atom is -0.357 e. The maximum absolute atomic E-state index is 15.3. The summed E-state index contributed by atoms with van der Waals surface area (Å²) in [6, 6.07) is 14.6. The number of carbonyl (C=O) groups excluding carboxylic acids is 5. The number of pyridine rings is 3. The molecule has 1 unspecified atom stereocenters. The Hall–Kier alpha value is -6.82. The van der Waals surface area contributed by atoms with Crippen LogP contribution in [0.5, 0.6) is 0 Å². The van der Waals surface area contributed by atoms with Gasteiger partial charge in [-0.15, -0.1) is 0 Å². The average molecular weight is 1050 g/mol. The zero-order chi connectivity index (χ0) is 53.1. The second-order valence-corrected chi connectivity index (χ2v) is 23.3. The summed E-state index contributed by atoms with van der Waals surface area (Å²) in [6.45, 7) is 8.71. The SMILES string of the molecule is CC(C)n1cnc2cc(-c3ccc4c(c3)N([C@H]3C[C@@H](N5CCCCC5)C3)C(=O)C43CCN(C(=O)[C@H]4CC[C@H](C(=O)N5CCC(N(C)c6ccc(C7CCC(=O)NC7=O)cn6)CC5)CC4)CC3)nc(Nc3ccncc3F)c21. The van der Waals surface area contributed by atoms with Crippen LogP contribution in [0.15, 0.2) is 67.4 Å². The molecule has 404 valence electrons. The molecule has 6 fully saturated rings. The van der Waals surface area contributed by atoms with Crippen LogP contribution in [0.2, 0.25) is 0 Å². The molecule has 77 heavy (non-hydrogen) atoms. The van der Waals surface area contributed by atoms with Gasteiger partial charge in [0.25, 0.3) is 0 Å². The normalized spacial score (nSPS) is 25.0. The quantitative estimate of drug-likeness (QED) is 0.122. The van der Waals surface area contributed by atoms with Crippen molar-refractivity contribution in [2.75, 3.05) is 61.4 Å². The van der Waals surface area contributed by atoms with E-state index in [0.29, 0.717) is 95.1 Å². The van der Waals surface area contributed by atoms with Crippen molar-refractivity contribution in [3.63, 3.8) is 0 Å². The van der Waals surface area contributed by atoms with Gasteiger partial charge >= 0.3 is 0 Å². The minimum absolute atomic E-state index is 0.0764. The Morgan fingerprint density at radius 3 is 2.18 bits per heavy atom. The van der Waals surface area contributed by atoms with Crippen LogP contribution in [-0.4, -0.2) is 133 Å².